The Bertz CT molecular complexity index is 445. The first-order chi connectivity index (χ1) is 8.19. The lowest BCUT2D eigenvalue weighted by molar-refractivity contribution is -0.140. The van der Waals surface area contributed by atoms with Gasteiger partial charge in [0, 0.05) is 11.6 Å². The van der Waals surface area contributed by atoms with Crippen LogP contribution in [0.1, 0.15) is 44.9 Å². The van der Waals surface area contributed by atoms with Crippen LogP contribution in [0, 0.1) is 0 Å². The normalized spacial score (nSPS) is 16.8. The van der Waals surface area contributed by atoms with Crippen molar-refractivity contribution >= 4 is 0 Å². The van der Waals surface area contributed by atoms with Crippen molar-refractivity contribution in [2.45, 2.75) is 51.3 Å². The molecule has 18 heavy (non-hydrogen) atoms. The molecule has 0 bridgehead atoms. The van der Waals surface area contributed by atoms with Crippen molar-refractivity contribution in [3.05, 3.63) is 23.5 Å². The molecule has 1 saturated carbocycles. The van der Waals surface area contributed by atoms with E-state index in [0.29, 0.717) is 0 Å². The largest absolute Gasteiger partial charge is 0.490 e. The van der Waals surface area contributed by atoms with E-state index >= 15 is 0 Å². The number of halogens is 3. The fourth-order valence-corrected chi connectivity index (χ4v) is 1.75. The molecule has 0 saturated heterocycles. The summed E-state index contributed by atoms with van der Waals surface area (Å²) < 4.78 is 44.9. The quantitative estimate of drug-likeness (QED) is 0.802. The molecule has 1 aliphatic rings. The lowest BCUT2D eigenvalue weighted by Crippen LogP contribution is -2.22. The maximum Gasteiger partial charge on any atom is 0.421 e. The molecular weight excluding hydrogens is 243 g/mol. The van der Waals surface area contributed by atoms with Crippen molar-refractivity contribution < 1.29 is 17.9 Å². The lowest BCUT2D eigenvalue weighted by Gasteiger charge is -2.24. The van der Waals surface area contributed by atoms with Crippen LogP contribution in [0.5, 0.6) is 5.75 Å². The Morgan fingerprint density at radius 1 is 1.22 bits per heavy atom. The van der Waals surface area contributed by atoms with Crippen molar-refractivity contribution in [2.75, 3.05) is 0 Å². The molecule has 0 N–H and O–H groups in total. The molecule has 1 aromatic rings. The van der Waals surface area contributed by atoms with Gasteiger partial charge in [0.15, 0.2) is 0 Å². The molecule has 100 valence electrons. The van der Waals surface area contributed by atoms with Crippen molar-refractivity contribution in [3.63, 3.8) is 0 Å². The van der Waals surface area contributed by atoms with Crippen molar-refractivity contribution in [2.24, 2.45) is 0 Å². The standard InChI is InChI=1S/C13H16F3NO/c1-12(2,3)11-10(13(14,15)16)9(6-7-17-11)18-8-4-5-8/h6-8H,4-5H2,1-3H3. The summed E-state index contributed by atoms with van der Waals surface area (Å²) in [6.07, 6.45) is -1.48. The van der Waals surface area contributed by atoms with E-state index in [4.69, 9.17) is 4.74 Å². The number of nitrogens with zero attached hydrogens (tertiary/aromatic N) is 1. The average Bonchev–Trinajstić information content (AvgIpc) is 2.98. The first kappa shape index (κ1) is 13.2. The molecule has 5 heteroatoms. The molecule has 0 unspecified atom stereocenters. The van der Waals surface area contributed by atoms with Gasteiger partial charge in [0.1, 0.15) is 11.3 Å². The molecule has 1 aliphatic carbocycles. The Morgan fingerprint density at radius 3 is 2.28 bits per heavy atom. The number of hydrogen-bond acceptors (Lipinski definition) is 2. The van der Waals surface area contributed by atoms with Gasteiger partial charge in [-0.05, 0) is 18.9 Å². The molecule has 0 aliphatic heterocycles. The van der Waals surface area contributed by atoms with E-state index in [1.165, 1.54) is 12.3 Å². The van der Waals surface area contributed by atoms with Crippen LogP contribution in [-0.4, -0.2) is 11.1 Å². The summed E-state index contributed by atoms with van der Waals surface area (Å²) in [5, 5.41) is 0. The van der Waals surface area contributed by atoms with Gasteiger partial charge in [-0.2, -0.15) is 13.2 Å². The molecule has 1 heterocycles. The van der Waals surface area contributed by atoms with Crippen LogP contribution >= 0.6 is 0 Å². The molecular formula is C13H16F3NO. The fraction of sp³-hybridized carbons (Fsp3) is 0.615. The van der Waals surface area contributed by atoms with Gasteiger partial charge in [-0.15, -0.1) is 0 Å². The minimum atomic E-state index is -4.44. The predicted octanol–water partition coefficient (Wildman–Crippen LogP) is 3.94. The highest BCUT2D eigenvalue weighted by Gasteiger charge is 2.41. The molecule has 2 nitrogen and oxygen atoms in total. The van der Waals surface area contributed by atoms with Crippen LogP contribution in [0.25, 0.3) is 0 Å². The van der Waals surface area contributed by atoms with E-state index in [-0.39, 0.29) is 17.5 Å². The van der Waals surface area contributed by atoms with Gasteiger partial charge in [0.25, 0.3) is 0 Å². The number of rotatable bonds is 2. The highest BCUT2D eigenvalue weighted by atomic mass is 19.4. The van der Waals surface area contributed by atoms with Crippen LogP contribution in [0.3, 0.4) is 0 Å². The summed E-state index contributed by atoms with van der Waals surface area (Å²) in [5.41, 5.74) is -1.37. The van der Waals surface area contributed by atoms with E-state index < -0.39 is 17.2 Å². The molecule has 0 aromatic carbocycles. The minimum absolute atomic E-state index is 0.0353. The zero-order chi connectivity index (χ0) is 13.6. The molecule has 0 spiro atoms. The first-order valence-corrected chi connectivity index (χ1v) is 5.93. The van der Waals surface area contributed by atoms with Gasteiger partial charge < -0.3 is 4.74 Å². The van der Waals surface area contributed by atoms with Gasteiger partial charge >= 0.3 is 6.18 Å². The maximum atomic E-state index is 13.2. The predicted molar refractivity (Wildman–Crippen MR) is 61.6 cm³/mol. The summed E-state index contributed by atoms with van der Waals surface area (Å²) >= 11 is 0. The number of alkyl halides is 3. The molecule has 0 atom stereocenters. The molecule has 1 aromatic heterocycles. The Hall–Kier alpha value is -1.26. The highest BCUT2D eigenvalue weighted by Crippen LogP contribution is 2.43. The van der Waals surface area contributed by atoms with E-state index in [1.54, 1.807) is 20.8 Å². The van der Waals surface area contributed by atoms with E-state index in [1.807, 2.05) is 0 Å². The smallest absolute Gasteiger partial charge is 0.421 e. The summed E-state index contributed by atoms with van der Waals surface area (Å²) in [6, 6.07) is 1.30. The molecule has 0 radical (unpaired) electrons. The minimum Gasteiger partial charge on any atom is -0.490 e. The van der Waals surface area contributed by atoms with Crippen LogP contribution in [0.4, 0.5) is 13.2 Å². The summed E-state index contributed by atoms with van der Waals surface area (Å²) in [5.74, 6) is -0.0927. The Kier molecular flexibility index (Phi) is 3.03. The molecule has 2 rings (SSSR count). The molecule has 0 amide bonds. The number of ether oxygens (including phenoxy) is 1. The summed E-state index contributed by atoms with van der Waals surface area (Å²) in [4.78, 5) is 3.90. The van der Waals surface area contributed by atoms with Gasteiger partial charge in [0.05, 0.1) is 11.8 Å². The van der Waals surface area contributed by atoms with Crippen molar-refractivity contribution in [1.29, 1.82) is 0 Å². The topological polar surface area (TPSA) is 22.1 Å². The van der Waals surface area contributed by atoms with Crippen molar-refractivity contribution in [3.8, 4) is 5.75 Å². The van der Waals surface area contributed by atoms with E-state index in [2.05, 4.69) is 4.98 Å². The second kappa shape index (κ2) is 4.14. The number of pyridine rings is 1. The van der Waals surface area contributed by atoms with E-state index in [0.717, 1.165) is 12.8 Å². The van der Waals surface area contributed by atoms with Gasteiger partial charge in [-0.1, -0.05) is 20.8 Å². The second-order valence-corrected chi connectivity index (χ2v) is 5.60. The Morgan fingerprint density at radius 2 is 1.83 bits per heavy atom. The third-order valence-corrected chi connectivity index (χ3v) is 2.72. The fourth-order valence-electron chi connectivity index (χ4n) is 1.75. The van der Waals surface area contributed by atoms with Gasteiger partial charge in [0.2, 0.25) is 0 Å². The monoisotopic (exact) mass is 259 g/mol. The van der Waals surface area contributed by atoms with Crippen LogP contribution < -0.4 is 4.74 Å². The van der Waals surface area contributed by atoms with Gasteiger partial charge in [-0.25, -0.2) is 0 Å². The third kappa shape index (κ3) is 2.76. The Balaban J connectivity index is 2.52. The van der Waals surface area contributed by atoms with Gasteiger partial charge in [-0.3, -0.25) is 4.98 Å². The van der Waals surface area contributed by atoms with Crippen LogP contribution in [0.2, 0.25) is 0 Å². The SMILES string of the molecule is CC(C)(C)c1nccc(OC2CC2)c1C(F)(F)F. The highest BCUT2D eigenvalue weighted by molar-refractivity contribution is 5.41. The Labute approximate surface area is 104 Å². The first-order valence-electron chi connectivity index (χ1n) is 5.93. The lowest BCUT2D eigenvalue weighted by atomic mass is 9.88. The molecule has 1 fully saturated rings. The zero-order valence-corrected chi connectivity index (χ0v) is 10.6. The second-order valence-electron chi connectivity index (χ2n) is 5.60. The van der Waals surface area contributed by atoms with E-state index in [9.17, 15) is 13.2 Å². The van der Waals surface area contributed by atoms with Crippen LogP contribution in [0.15, 0.2) is 12.3 Å². The number of aromatic nitrogens is 1. The maximum absolute atomic E-state index is 13.2. The van der Waals surface area contributed by atoms with Crippen molar-refractivity contribution in [1.82, 2.24) is 4.98 Å². The average molecular weight is 259 g/mol. The zero-order valence-electron chi connectivity index (χ0n) is 10.6. The van der Waals surface area contributed by atoms with Crippen LogP contribution in [-0.2, 0) is 11.6 Å². The third-order valence-electron chi connectivity index (χ3n) is 2.72. The summed E-state index contributed by atoms with van der Waals surface area (Å²) in [6.45, 7) is 5.14. The number of hydrogen-bond donors (Lipinski definition) is 0. The summed E-state index contributed by atoms with van der Waals surface area (Å²) in [7, 11) is 0.